The molecular weight excluding hydrogens is 800 g/mol. The number of alkyl halides is 26. The van der Waals surface area contributed by atoms with Crippen LogP contribution in [0.3, 0.4) is 0 Å². The third-order valence-corrected chi connectivity index (χ3v) is 6.93. The topological polar surface area (TPSA) is 21.7 Å². The van der Waals surface area contributed by atoms with Gasteiger partial charge in [-0.15, -0.1) is 9.36 Å². The highest BCUT2D eigenvalue weighted by atomic mass is 19.4. The molecule has 1 aromatic heterocycles. The van der Waals surface area contributed by atoms with Gasteiger partial charge in [0.1, 0.15) is 13.1 Å². The molecule has 1 aromatic rings. The summed E-state index contributed by atoms with van der Waals surface area (Å²) < 4.78 is 346. The van der Waals surface area contributed by atoms with E-state index in [0.29, 0.717) is 0 Å². The molecule has 0 atom stereocenters. The Balaban J connectivity index is 3.45. The predicted molar refractivity (Wildman–Crippen MR) is 112 cm³/mol. The number of aryl methyl sites for hydroxylation is 3. The van der Waals surface area contributed by atoms with E-state index in [1.165, 1.54) is 6.92 Å². The first-order valence-electron chi connectivity index (χ1n) is 13.0. The number of hydrogen-bond donors (Lipinski definition) is 0. The minimum atomic E-state index is -8.25. The van der Waals surface area contributed by atoms with Crippen molar-refractivity contribution in [2.45, 2.75) is 124 Å². The Bertz CT molecular complexity index is 1340. The second-order valence-corrected chi connectivity index (χ2v) is 10.6. The Morgan fingerprint density at radius 3 is 1.16 bits per heavy atom. The Labute approximate surface area is 265 Å². The van der Waals surface area contributed by atoms with Gasteiger partial charge in [0, 0.05) is 6.42 Å². The number of rotatable bonds is 17. The zero-order chi connectivity index (χ0) is 41.1. The zero-order valence-electron chi connectivity index (χ0n) is 24.2. The van der Waals surface area contributed by atoms with Crippen molar-refractivity contribution in [1.29, 1.82) is 0 Å². The van der Waals surface area contributed by atoms with Crippen molar-refractivity contribution in [1.82, 2.24) is 9.90 Å². The minimum absolute atomic E-state index is 0.0737. The minimum Gasteiger partial charge on any atom is -0.199 e. The van der Waals surface area contributed by atoms with Gasteiger partial charge >= 0.3 is 71.6 Å². The molecule has 0 spiro atoms. The highest BCUT2D eigenvalue weighted by molar-refractivity contribution is 5.11. The van der Waals surface area contributed by atoms with Crippen molar-refractivity contribution in [3.8, 4) is 0 Å². The maximum atomic E-state index is 14.2. The lowest BCUT2D eigenvalue weighted by atomic mass is 9.92. The van der Waals surface area contributed by atoms with Crippen LogP contribution in [0.5, 0.6) is 0 Å². The van der Waals surface area contributed by atoms with Crippen LogP contribution >= 0.6 is 0 Å². The molecule has 0 aliphatic heterocycles. The van der Waals surface area contributed by atoms with Crippen LogP contribution in [0.4, 0.5) is 114 Å². The maximum Gasteiger partial charge on any atom is 0.460 e. The number of aromatic nitrogens is 3. The highest BCUT2D eigenvalue weighted by Gasteiger charge is 2.92. The van der Waals surface area contributed by atoms with E-state index < -0.39 is 110 Å². The molecule has 1 heterocycles. The van der Waals surface area contributed by atoms with Crippen molar-refractivity contribution in [3.05, 3.63) is 11.9 Å². The van der Waals surface area contributed by atoms with Gasteiger partial charge in [0.05, 0.1) is 18.1 Å². The summed E-state index contributed by atoms with van der Waals surface area (Å²) in [6.45, 7) is -2.67. The van der Waals surface area contributed by atoms with Crippen LogP contribution in [-0.2, 0) is 19.5 Å². The summed E-state index contributed by atoms with van der Waals surface area (Å²) in [4.78, 5) is 0. The van der Waals surface area contributed by atoms with Crippen LogP contribution < -0.4 is 4.68 Å². The Hall–Kier alpha value is -2.68. The average molecular weight is 818 g/mol. The van der Waals surface area contributed by atoms with Crippen molar-refractivity contribution >= 4 is 0 Å². The van der Waals surface area contributed by atoms with Crippen LogP contribution in [0.25, 0.3) is 0 Å². The van der Waals surface area contributed by atoms with Gasteiger partial charge in [0.15, 0.2) is 11.9 Å². The summed E-state index contributed by atoms with van der Waals surface area (Å²) in [5.74, 6) is -77.8. The summed E-state index contributed by atoms with van der Waals surface area (Å²) in [5.41, 5.74) is -0.714. The van der Waals surface area contributed by atoms with Gasteiger partial charge in [0.2, 0.25) is 0 Å². The van der Waals surface area contributed by atoms with Crippen LogP contribution in [0.2, 0.25) is 0 Å². The number of unbranched alkanes of at least 4 members (excludes halogenated alkanes) is 1. The smallest absolute Gasteiger partial charge is 0.199 e. The number of nitrogens with zero attached hydrogens (tertiary/aromatic N) is 3. The molecule has 29 heteroatoms. The molecule has 3 nitrogen and oxygen atoms in total. The molecule has 1 rings (SSSR count). The molecular formula is C22H18F26N3+. The molecule has 0 radical (unpaired) electrons. The average Bonchev–Trinajstić information content (AvgIpc) is 3.33. The van der Waals surface area contributed by atoms with Crippen LogP contribution in [-0.4, -0.2) is 81.5 Å². The molecule has 0 aliphatic rings. The highest BCUT2D eigenvalue weighted by Crippen LogP contribution is 2.62. The number of halogens is 26. The molecule has 0 fully saturated rings. The number of hydrogen-bond acceptors (Lipinski definition) is 1. The normalized spacial score (nSPS) is 15.9. The van der Waals surface area contributed by atoms with Crippen molar-refractivity contribution in [2.24, 2.45) is 0 Å². The second kappa shape index (κ2) is 13.3. The lowest BCUT2D eigenvalue weighted by molar-refractivity contribution is -0.757. The van der Waals surface area contributed by atoms with Crippen molar-refractivity contribution in [2.75, 3.05) is 0 Å². The molecule has 0 saturated heterocycles. The van der Waals surface area contributed by atoms with Gasteiger partial charge < -0.3 is 0 Å². The van der Waals surface area contributed by atoms with Gasteiger partial charge in [-0.2, -0.15) is 114 Å². The quantitative estimate of drug-likeness (QED) is 0.113. The van der Waals surface area contributed by atoms with Crippen molar-refractivity contribution < 1.29 is 119 Å². The summed E-state index contributed by atoms with van der Waals surface area (Å²) >= 11 is 0. The van der Waals surface area contributed by atoms with Gasteiger partial charge in [0.25, 0.3) is 0 Å². The van der Waals surface area contributed by atoms with E-state index in [4.69, 9.17) is 0 Å². The van der Waals surface area contributed by atoms with E-state index in [9.17, 15) is 114 Å². The third-order valence-electron chi connectivity index (χ3n) is 6.93. The van der Waals surface area contributed by atoms with Crippen molar-refractivity contribution in [3.63, 3.8) is 0 Å². The zero-order valence-corrected chi connectivity index (χ0v) is 24.2. The van der Waals surface area contributed by atoms with Gasteiger partial charge in [-0.25, -0.2) is 0 Å². The van der Waals surface area contributed by atoms with E-state index in [2.05, 4.69) is 5.21 Å². The van der Waals surface area contributed by atoms with E-state index >= 15 is 0 Å². The molecule has 51 heavy (non-hydrogen) atoms. The third kappa shape index (κ3) is 7.31. The fourth-order valence-electron chi connectivity index (χ4n) is 3.73. The van der Waals surface area contributed by atoms with Crippen LogP contribution in [0, 0.1) is 0 Å². The first-order valence-corrected chi connectivity index (χ1v) is 13.0. The Morgan fingerprint density at radius 2 is 0.824 bits per heavy atom. The van der Waals surface area contributed by atoms with E-state index in [1.807, 2.05) is 0 Å². The van der Waals surface area contributed by atoms with Gasteiger partial charge in [-0.05, 0) is 6.42 Å². The van der Waals surface area contributed by atoms with E-state index in [-0.39, 0.29) is 28.4 Å². The van der Waals surface area contributed by atoms with E-state index in [1.54, 1.807) is 0 Å². The molecule has 0 amide bonds. The Kier molecular flexibility index (Phi) is 12.1. The molecule has 0 saturated carbocycles. The molecule has 0 N–H and O–H groups in total. The summed E-state index contributed by atoms with van der Waals surface area (Å²) in [7, 11) is 0. The molecule has 302 valence electrons. The molecule has 0 aliphatic carbocycles. The van der Waals surface area contributed by atoms with E-state index in [0.717, 1.165) is 0 Å². The molecule has 0 bridgehead atoms. The standard InChI is InChI=1S/C22H18F26N3/c1-2-3-4-10-9-50(7-5-11(23,24)13(27,28)15(31,32)17(35,36)19(39,40)21(43,44)45)49-51(10)8-6-12(25,26)14(29,30)16(33,34)18(37,38)20(41,42)22(46,47)48/h9H,2-8H2,1H3/q+1. The lowest BCUT2D eigenvalue weighted by Gasteiger charge is -2.39. The molecule has 0 unspecified atom stereocenters. The first-order chi connectivity index (χ1) is 22.1. The largest absolute Gasteiger partial charge is 0.460 e. The monoisotopic (exact) mass is 818 g/mol. The summed E-state index contributed by atoms with van der Waals surface area (Å²) in [6.07, 6.45) is -21.7. The fourth-order valence-corrected chi connectivity index (χ4v) is 3.73. The lowest BCUT2D eigenvalue weighted by Crippen LogP contribution is -2.70. The van der Waals surface area contributed by atoms with Crippen LogP contribution in [0.1, 0.15) is 38.3 Å². The predicted octanol–water partition coefficient (Wildman–Crippen LogP) is 9.77. The SMILES string of the molecule is CCCCc1c[n+](CCC(F)(F)C(F)(F)C(F)(F)C(F)(F)C(F)(F)C(F)(F)F)nn1CCC(F)(F)C(F)(F)C(F)(F)C(F)(F)C(F)(F)C(F)(F)F. The Morgan fingerprint density at radius 1 is 0.490 bits per heavy atom. The maximum absolute atomic E-state index is 14.2. The first kappa shape index (κ1) is 46.3. The fraction of sp³-hybridized carbons (Fsp3) is 0.909. The second-order valence-electron chi connectivity index (χ2n) is 10.6. The molecule has 0 aromatic carbocycles. The summed E-state index contributed by atoms with van der Waals surface area (Å²) in [6, 6.07) is 0. The summed E-state index contributed by atoms with van der Waals surface area (Å²) in [5, 5.41) is 2.97. The van der Waals surface area contributed by atoms with Gasteiger partial charge in [-0.1, -0.05) is 13.3 Å². The van der Waals surface area contributed by atoms with Gasteiger partial charge in [-0.3, -0.25) is 0 Å². The van der Waals surface area contributed by atoms with Crippen LogP contribution in [0.15, 0.2) is 6.20 Å².